The maximum Gasteiger partial charge on any atom is 0.267 e. The highest BCUT2D eigenvalue weighted by molar-refractivity contribution is 7.07. The highest BCUT2D eigenvalue weighted by Gasteiger charge is 1.99. The summed E-state index contributed by atoms with van der Waals surface area (Å²) >= 11 is 1.59. The first-order valence-corrected chi connectivity index (χ1v) is 5.05. The highest BCUT2D eigenvalue weighted by atomic mass is 32.1. The summed E-state index contributed by atoms with van der Waals surface area (Å²) in [6.45, 7) is 0.480. The summed E-state index contributed by atoms with van der Waals surface area (Å²) in [6, 6.07) is 4.89. The van der Waals surface area contributed by atoms with Crippen LogP contribution in [0.25, 0.3) is 0 Å². The maximum absolute atomic E-state index is 11.3. The van der Waals surface area contributed by atoms with Crippen molar-refractivity contribution >= 4 is 17.2 Å². The van der Waals surface area contributed by atoms with Gasteiger partial charge in [0.2, 0.25) is 0 Å². The van der Waals surface area contributed by atoms with Gasteiger partial charge in [0, 0.05) is 6.07 Å². The van der Waals surface area contributed by atoms with Gasteiger partial charge in [0.15, 0.2) is 0 Å². The lowest BCUT2D eigenvalue weighted by Crippen LogP contribution is -2.22. The summed E-state index contributed by atoms with van der Waals surface area (Å²) in [7, 11) is 0. The third kappa shape index (κ3) is 1.82. The molecule has 0 aliphatic rings. The quantitative estimate of drug-likeness (QED) is 0.797. The molecule has 5 heteroatoms. The minimum absolute atomic E-state index is 0.134. The number of nitrogens with zero attached hydrogens (tertiary/aromatic N) is 2. The van der Waals surface area contributed by atoms with Crippen LogP contribution in [0.2, 0.25) is 0 Å². The lowest BCUT2D eigenvalue weighted by Gasteiger charge is -2.02. The van der Waals surface area contributed by atoms with Crippen molar-refractivity contribution in [2.45, 2.75) is 6.54 Å². The van der Waals surface area contributed by atoms with Gasteiger partial charge in [-0.3, -0.25) is 4.79 Å². The molecule has 14 heavy (non-hydrogen) atoms. The van der Waals surface area contributed by atoms with Gasteiger partial charge in [-0.2, -0.15) is 16.4 Å². The van der Waals surface area contributed by atoms with Crippen LogP contribution in [0.4, 0.5) is 5.82 Å². The van der Waals surface area contributed by atoms with Crippen molar-refractivity contribution in [2.75, 3.05) is 5.73 Å². The molecule has 0 amide bonds. The first kappa shape index (κ1) is 8.96. The fraction of sp³-hybridized carbons (Fsp3) is 0.111. The van der Waals surface area contributed by atoms with Crippen molar-refractivity contribution in [2.24, 2.45) is 0 Å². The van der Waals surface area contributed by atoms with Crippen molar-refractivity contribution in [3.8, 4) is 0 Å². The standard InChI is InChI=1S/C9H9N3OS/c10-8-1-2-9(13)12(11-8)5-7-3-4-14-6-7/h1-4,6H,5H2,(H2,10,11). The molecule has 72 valence electrons. The number of rotatable bonds is 2. The monoisotopic (exact) mass is 207 g/mol. The second kappa shape index (κ2) is 3.63. The van der Waals surface area contributed by atoms with Crippen LogP contribution in [0, 0.1) is 0 Å². The Kier molecular flexibility index (Phi) is 2.32. The predicted molar refractivity (Wildman–Crippen MR) is 56.3 cm³/mol. The van der Waals surface area contributed by atoms with Crippen LogP contribution in [0.3, 0.4) is 0 Å². The number of hydrogen-bond donors (Lipinski definition) is 1. The van der Waals surface area contributed by atoms with E-state index in [0.29, 0.717) is 12.4 Å². The van der Waals surface area contributed by atoms with E-state index in [1.54, 1.807) is 11.3 Å². The average molecular weight is 207 g/mol. The zero-order chi connectivity index (χ0) is 9.97. The lowest BCUT2D eigenvalue weighted by molar-refractivity contribution is 0.645. The van der Waals surface area contributed by atoms with E-state index in [4.69, 9.17) is 5.73 Å². The van der Waals surface area contributed by atoms with Crippen molar-refractivity contribution in [1.29, 1.82) is 0 Å². The van der Waals surface area contributed by atoms with E-state index in [2.05, 4.69) is 5.10 Å². The molecule has 0 spiro atoms. The summed E-state index contributed by atoms with van der Waals surface area (Å²) in [5.74, 6) is 0.361. The number of nitrogens with two attached hydrogens (primary N) is 1. The van der Waals surface area contributed by atoms with Gasteiger partial charge in [0.05, 0.1) is 6.54 Å². The summed E-state index contributed by atoms with van der Waals surface area (Å²) in [6.07, 6.45) is 0. The molecule has 0 fully saturated rings. The fourth-order valence-corrected chi connectivity index (χ4v) is 1.79. The van der Waals surface area contributed by atoms with Crippen LogP contribution in [0.15, 0.2) is 33.8 Å². The Bertz CT molecular complexity index is 475. The molecule has 0 aliphatic heterocycles. The number of hydrogen-bond acceptors (Lipinski definition) is 4. The molecule has 0 radical (unpaired) electrons. The Hall–Kier alpha value is -1.62. The van der Waals surface area contributed by atoms with E-state index in [0.717, 1.165) is 5.56 Å². The molecule has 2 N–H and O–H groups in total. The van der Waals surface area contributed by atoms with E-state index in [1.807, 2.05) is 16.8 Å². The van der Waals surface area contributed by atoms with Gasteiger partial charge in [-0.15, -0.1) is 0 Å². The Morgan fingerprint density at radius 3 is 3.00 bits per heavy atom. The number of nitrogen functional groups attached to an aromatic ring is 1. The molecule has 2 heterocycles. The van der Waals surface area contributed by atoms with E-state index in [9.17, 15) is 4.79 Å². The normalized spacial score (nSPS) is 10.3. The first-order valence-electron chi connectivity index (χ1n) is 4.10. The zero-order valence-corrected chi connectivity index (χ0v) is 8.20. The van der Waals surface area contributed by atoms with Crippen LogP contribution in [-0.2, 0) is 6.54 Å². The molecule has 0 atom stereocenters. The molecule has 0 saturated heterocycles. The van der Waals surface area contributed by atoms with Crippen molar-refractivity contribution in [3.63, 3.8) is 0 Å². The first-order chi connectivity index (χ1) is 6.75. The molecular weight excluding hydrogens is 198 g/mol. The largest absolute Gasteiger partial charge is 0.382 e. The Balaban J connectivity index is 2.33. The van der Waals surface area contributed by atoms with Gasteiger partial charge in [-0.05, 0) is 28.5 Å². The van der Waals surface area contributed by atoms with Crippen LogP contribution in [-0.4, -0.2) is 9.78 Å². The Morgan fingerprint density at radius 1 is 1.43 bits per heavy atom. The van der Waals surface area contributed by atoms with Gasteiger partial charge in [0.25, 0.3) is 5.56 Å². The second-order valence-corrected chi connectivity index (χ2v) is 3.67. The molecule has 0 saturated carbocycles. The van der Waals surface area contributed by atoms with Gasteiger partial charge < -0.3 is 5.73 Å². The van der Waals surface area contributed by atoms with E-state index in [1.165, 1.54) is 16.8 Å². The third-order valence-electron chi connectivity index (χ3n) is 1.80. The third-order valence-corrected chi connectivity index (χ3v) is 2.53. The molecule has 4 nitrogen and oxygen atoms in total. The van der Waals surface area contributed by atoms with Crippen LogP contribution in [0.1, 0.15) is 5.56 Å². The minimum atomic E-state index is -0.134. The maximum atomic E-state index is 11.3. The SMILES string of the molecule is Nc1ccc(=O)n(Cc2ccsc2)n1. The lowest BCUT2D eigenvalue weighted by atomic mass is 10.3. The molecule has 0 unspecified atom stereocenters. The summed E-state index contributed by atoms with van der Waals surface area (Å²) in [5, 5.41) is 7.88. The predicted octanol–water partition coefficient (Wildman–Crippen LogP) is 0.935. The smallest absolute Gasteiger partial charge is 0.267 e. The Morgan fingerprint density at radius 2 is 2.29 bits per heavy atom. The van der Waals surface area contributed by atoms with E-state index < -0.39 is 0 Å². The van der Waals surface area contributed by atoms with Crippen molar-refractivity contribution in [1.82, 2.24) is 9.78 Å². The molecular formula is C9H9N3OS. The summed E-state index contributed by atoms with van der Waals surface area (Å²) in [4.78, 5) is 11.3. The molecule has 0 bridgehead atoms. The topological polar surface area (TPSA) is 60.9 Å². The van der Waals surface area contributed by atoms with Gasteiger partial charge >= 0.3 is 0 Å². The van der Waals surface area contributed by atoms with Gasteiger partial charge in [-0.1, -0.05) is 0 Å². The Labute approximate surface area is 84.6 Å². The molecule has 0 aliphatic carbocycles. The minimum Gasteiger partial charge on any atom is -0.382 e. The second-order valence-electron chi connectivity index (χ2n) is 2.89. The van der Waals surface area contributed by atoms with Crippen LogP contribution in [0.5, 0.6) is 0 Å². The van der Waals surface area contributed by atoms with Crippen LogP contribution < -0.4 is 11.3 Å². The van der Waals surface area contributed by atoms with Crippen molar-refractivity contribution in [3.05, 3.63) is 44.9 Å². The van der Waals surface area contributed by atoms with Gasteiger partial charge in [0.1, 0.15) is 5.82 Å². The average Bonchev–Trinajstić information content (AvgIpc) is 2.64. The molecule has 2 rings (SSSR count). The molecule has 2 aromatic heterocycles. The van der Waals surface area contributed by atoms with Gasteiger partial charge in [-0.25, -0.2) is 4.68 Å². The van der Waals surface area contributed by atoms with E-state index >= 15 is 0 Å². The number of anilines is 1. The highest BCUT2D eigenvalue weighted by Crippen LogP contribution is 2.06. The molecule has 0 aromatic carbocycles. The summed E-state index contributed by atoms with van der Waals surface area (Å²) < 4.78 is 1.36. The van der Waals surface area contributed by atoms with Crippen molar-refractivity contribution < 1.29 is 0 Å². The van der Waals surface area contributed by atoms with E-state index in [-0.39, 0.29) is 5.56 Å². The molecule has 2 aromatic rings. The number of thiophene rings is 1. The van der Waals surface area contributed by atoms with Crippen LogP contribution >= 0.6 is 11.3 Å². The number of aromatic nitrogens is 2. The zero-order valence-electron chi connectivity index (χ0n) is 7.38. The fourth-order valence-electron chi connectivity index (χ4n) is 1.13. The summed E-state index contributed by atoms with van der Waals surface area (Å²) in [5.41, 5.74) is 6.42.